The molecule has 0 aliphatic heterocycles. The topological polar surface area (TPSA) is 56.1 Å². The molecular formula is C18H23N3O2. The number of benzene rings is 1. The Balaban J connectivity index is 1.66. The van der Waals surface area contributed by atoms with Crippen LogP contribution in [0.4, 0.5) is 5.82 Å². The Morgan fingerprint density at radius 1 is 1.26 bits per heavy atom. The zero-order valence-corrected chi connectivity index (χ0v) is 13.5. The van der Waals surface area contributed by atoms with E-state index in [2.05, 4.69) is 17.3 Å². The third-order valence-electron chi connectivity index (χ3n) is 4.17. The maximum Gasteiger partial charge on any atom is 0.256 e. The van der Waals surface area contributed by atoms with Crippen molar-refractivity contribution in [3.63, 3.8) is 0 Å². The van der Waals surface area contributed by atoms with Gasteiger partial charge in [0.25, 0.3) is 5.91 Å². The standard InChI is InChI=1S/C18H23N3O2/c1-2-13-23-16-9-7-14(8-10-16)18(22)20-17-11-12-19-21(17)15-5-3-4-6-15/h7-12,15H,2-6,13H2,1H3,(H,20,22). The van der Waals surface area contributed by atoms with Crippen LogP contribution in [0.25, 0.3) is 0 Å². The average Bonchev–Trinajstić information content (AvgIpc) is 3.24. The highest BCUT2D eigenvalue weighted by Crippen LogP contribution is 2.31. The Morgan fingerprint density at radius 2 is 2.00 bits per heavy atom. The van der Waals surface area contributed by atoms with Gasteiger partial charge in [0.1, 0.15) is 11.6 Å². The zero-order valence-electron chi connectivity index (χ0n) is 13.5. The predicted octanol–water partition coefficient (Wildman–Crippen LogP) is 4.04. The minimum atomic E-state index is -0.119. The van der Waals surface area contributed by atoms with Crippen molar-refractivity contribution in [2.24, 2.45) is 0 Å². The normalized spacial score (nSPS) is 14.8. The van der Waals surface area contributed by atoms with Gasteiger partial charge in [0, 0.05) is 11.6 Å². The van der Waals surface area contributed by atoms with Gasteiger partial charge in [-0.25, -0.2) is 4.68 Å². The van der Waals surface area contributed by atoms with Crippen molar-refractivity contribution in [2.45, 2.75) is 45.1 Å². The van der Waals surface area contributed by atoms with Gasteiger partial charge in [0.15, 0.2) is 0 Å². The summed E-state index contributed by atoms with van der Waals surface area (Å²) in [6, 6.07) is 9.50. The second-order valence-corrected chi connectivity index (χ2v) is 5.93. The van der Waals surface area contributed by atoms with E-state index < -0.39 is 0 Å². The van der Waals surface area contributed by atoms with Crippen molar-refractivity contribution < 1.29 is 9.53 Å². The van der Waals surface area contributed by atoms with E-state index in [9.17, 15) is 4.79 Å². The summed E-state index contributed by atoms with van der Waals surface area (Å²) in [4.78, 5) is 12.4. The molecular weight excluding hydrogens is 290 g/mol. The van der Waals surface area contributed by atoms with Gasteiger partial charge < -0.3 is 10.1 Å². The molecule has 1 amide bonds. The largest absolute Gasteiger partial charge is 0.494 e. The van der Waals surface area contributed by atoms with E-state index in [1.165, 1.54) is 12.8 Å². The molecule has 1 aromatic heterocycles. The van der Waals surface area contributed by atoms with E-state index in [4.69, 9.17) is 4.74 Å². The summed E-state index contributed by atoms with van der Waals surface area (Å²) in [6.45, 7) is 2.75. The molecule has 3 rings (SSSR count). The fourth-order valence-electron chi connectivity index (χ4n) is 2.96. The summed E-state index contributed by atoms with van der Waals surface area (Å²) in [7, 11) is 0. The number of aromatic nitrogens is 2. The maximum absolute atomic E-state index is 12.4. The zero-order chi connectivity index (χ0) is 16.1. The monoisotopic (exact) mass is 313 g/mol. The molecule has 0 unspecified atom stereocenters. The predicted molar refractivity (Wildman–Crippen MR) is 89.9 cm³/mol. The molecule has 23 heavy (non-hydrogen) atoms. The number of amides is 1. The van der Waals surface area contributed by atoms with E-state index in [0.717, 1.165) is 30.8 Å². The molecule has 122 valence electrons. The number of carbonyl (C=O) groups excluding carboxylic acids is 1. The summed E-state index contributed by atoms with van der Waals surface area (Å²) in [5, 5.41) is 7.34. The first kappa shape index (κ1) is 15.6. The average molecular weight is 313 g/mol. The van der Waals surface area contributed by atoms with Crippen LogP contribution in [-0.2, 0) is 0 Å². The van der Waals surface area contributed by atoms with Crippen LogP contribution in [0.2, 0.25) is 0 Å². The van der Waals surface area contributed by atoms with Gasteiger partial charge in [-0.3, -0.25) is 4.79 Å². The lowest BCUT2D eigenvalue weighted by Crippen LogP contribution is -2.17. The van der Waals surface area contributed by atoms with E-state index in [1.54, 1.807) is 18.3 Å². The third-order valence-corrected chi connectivity index (χ3v) is 4.17. The molecule has 5 nitrogen and oxygen atoms in total. The fraction of sp³-hybridized carbons (Fsp3) is 0.444. The van der Waals surface area contributed by atoms with Gasteiger partial charge in [-0.2, -0.15) is 5.10 Å². The molecule has 2 aromatic rings. The Kier molecular flexibility index (Phi) is 4.95. The van der Waals surface area contributed by atoms with E-state index >= 15 is 0 Å². The molecule has 0 radical (unpaired) electrons. The first-order valence-electron chi connectivity index (χ1n) is 8.35. The molecule has 1 aromatic carbocycles. The SMILES string of the molecule is CCCOc1ccc(C(=O)Nc2ccnn2C2CCCC2)cc1. The van der Waals surface area contributed by atoms with Crippen LogP contribution in [0.5, 0.6) is 5.75 Å². The number of carbonyl (C=O) groups is 1. The molecule has 1 N–H and O–H groups in total. The summed E-state index contributed by atoms with van der Waals surface area (Å²) < 4.78 is 7.48. The highest BCUT2D eigenvalue weighted by Gasteiger charge is 2.20. The molecule has 0 saturated heterocycles. The Hall–Kier alpha value is -2.30. The molecule has 5 heteroatoms. The highest BCUT2D eigenvalue weighted by atomic mass is 16.5. The Morgan fingerprint density at radius 3 is 2.70 bits per heavy atom. The molecule has 1 saturated carbocycles. The van der Waals surface area contributed by atoms with Gasteiger partial charge in [-0.1, -0.05) is 19.8 Å². The van der Waals surface area contributed by atoms with E-state index in [-0.39, 0.29) is 5.91 Å². The number of anilines is 1. The van der Waals surface area contributed by atoms with Gasteiger partial charge in [0.2, 0.25) is 0 Å². The second kappa shape index (κ2) is 7.31. The lowest BCUT2D eigenvalue weighted by Gasteiger charge is -2.14. The molecule has 1 aliphatic rings. The van der Waals surface area contributed by atoms with E-state index in [1.807, 2.05) is 22.9 Å². The van der Waals surface area contributed by atoms with Crippen LogP contribution in [-0.4, -0.2) is 22.3 Å². The van der Waals surface area contributed by atoms with Gasteiger partial charge in [0.05, 0.1) is 18.8 Å². The fourth-order valence-corrected chi connectivity index (χ4v) is 2.96. The number of nitrogens with one attached hydrogen (secondary N) is 1. The number of rotatable bonds is 6. The van der Waals surface area contributed by atoms with Crippen LogP contribution >= 0.6 is 0 Å². The van der Waals surface area contributed by atoms with Crippen LogP contribution < -0.4 is 10.1 Å². The van der Waals surface area contributed by atoms with Crippen LogP contribution in [0, 0.1) is 0 Å². The first-order valence-corrected chi connectivity index (χ1v) is 8.35. The molecule has 1 heterocycles. The second-order valence-electron chi connectivity index (χ2n) is 5.93. The minimum absolute atomic E-state index is 0.119. The van der Waals surface area contributed by atoms with Crippen molar-refractivity contribution in [2.75, 3.05) is 11.9 Å². The molecule has 0 atom stereocenters. The van der Waals surface area contributed by atoms with Gasteiger partial charge in [-0.15, -0.1) is 0 Å². The number of hydrogen-bond donors (Lipinski definition) is 1. The molecule has 1 aliphatic carbocycles. The van der Waals surface area contributed by atoms with Crippen LogP contribution in [0.3, 0.4) is 0 Å². The van der Waals surface area contributed by atoms with Crippen molar-refractivity contribution in [3.05, 3.63) is 42.1 Å². The van der Waals surface area contributed by atoms with Crippen molar-refractivity contribution in [3.8, 4) is 5.75 Å². The van der Waals surface area contributed by atoms with Crippen LogP contribution in [0.15, 0.2) is 36.5 Å². The maximum atomic E-state index is 12.4. The molecule has 1 fully saturated rings. The summed E-state index contributed by atoms with van der Waals surface area (Å²) >= 11 is 0. The highest BCUT2D eigenvalue weighted by molar-refractivity contribution is 6.03. The number of hydrogen-bond acceptors (Lipinski definition) is 3. The molecule has 0 bridgehead atoms. The Labute approximate surface area is 136 Å². The van der Waals surface area contributed by atoms with Crippen LogP contribution in [0.1, 0.15) is 55.4 Å². The minimum Gasteiger partial charge on any atom is -0.494 e. The third kappa shape index (κ3) is 3.73. The summed E-state index contributed by atoms with van der Waals surface area (Å²) in [5.74, 6) is 1.44. The van der Waals surface area contributed by atoms with Gasteiger partial charge >= 0.3 is 0 Å². The lowest BCUT2D eigenvalue weighted by molar-refractivity contribution is 0.102. The van der Waals surface area contributed by atoms with E-state index in [0.29, 0.717) is 18.2 Å². The van der Waals surface area contributed by atoms with Gasteiger partial charge in [-0.05, 0) is 43.5 Å². The summed E-state index contributed by atoms with van der Waals surface area (Å²) in [5.41, 5.74) is 0.619. The number of ether oxygens (including phenoxy) is 1. The quantitative estimate of drug-likeness (QED) is 0.875. The van der Waals surface area contributed by atoms with Crippen molar-refractivity contribution in [1.29, 1.82) is 0 Å². The Bertz CT molecular complexity index is 643. The smallest absolute Gasteiger partial charge is 0.256 e. The molecule has 0 spiro atoms. The summed E-state index contributed by atoms with van der Waals surface area (Å²) in [6.07, 6.45) is 7.44. The van der Waals surface area contributed by atoms with Crippen molar-refractivity contribution in [1.82, 2.24) is 9.78 Å². The lowest BCUT2D eigenvalue weighted by atomic mass is 10.2. The number of nitrogens with zero attached hydrogens (tertiary/aromatic N) is 2. The van der Waals surface area contributed by atoms with Crippen molar-refractivity contribution >= 4 is 11.7 Å². The first-order chi connectivity index (χ1) is 11.3.